The van der Waals surface area contributed by atoms with E-state index in [-0.39, 0.29) is 17.5 Å². The first kappa shape index (κ1) is 14.6. The Balaban J connectivity index is 2.05. The van der Waals surface area contributed by atoms with Crippen molar-refractivity contribution in [2.24, 2.45) is 0 Å². The molecule has 0 radical (unpaired) electrons. The standard InChI is InChI=1S/C18H19FN2O/c1-3-20-13(2)12-21(17-11-7-6-10-16(17)20)18(22)14-8-4-5-9-15(14)19/h4-11,13H,3,12H2,1-2H3. The van der Waals surface area contributed by atoms with E-state index >= 15 is 0 Å². The number of carbonyl (C=O) groups excluding carboxylic acids is 1. The summed E-state index contributed by atoms with van der Waals surface area (Å²) in [7, 11) is 0. The van der Waals surface area contributed by atoms with Crippen LogP contribution in [0.3, 0.4) is 0 Å². The van der Waals surface area contributed by atoms with Gasteiger partial charge in [0.2, 0.25) is 0 Å². The Labute approximate surface area is 130 Å². The van der Waals surface area contributed by atoms with Gasteiger partial charge in [-0.3, -0.25) is 4.79 Å². The van der Waals surface area contributed by atoms with Crippen molar-refractivity contribution in [3.05, 3.63) is 59.9 Å². The first-order valence-corrected chi connectivity index (χ1v) is 7.55. The highest BCUT2D eigenvalue weighted by molar-refractivity contribution is 6.08. The number of hydrogen-bond acceptors (Lipinski definition) is 2. The molecule has 0 saturated heterocycles. The van der Waals surface area contributed by atoms with Crippen molar-refractivity contribution in [1.82, 2.24) is 0 Å². The van der Waals surface area contributed by atoms with Crippen molar-refractivity contribution in [2.45, 2.75) is 19.9 Å². The zero-order chi connectivity index (χ0) is 15.7. The molecule has 1 aliphatic heterocycles. The summed E-state index contributed by atoms with van der Waals surface area (Å²) in [5.74, 6) is -0.760. The molecule has 0 bridgehead atoms. The van der Waals surface area contributed by atoms with Gasteiger partial charge >= 0.3 is 0 Å². The second-order valence-electron chi connectivity index (χ2n) is 5.52. The number of hydrogen-bond donors (Lipinski definition) is 0. The van der Waals surface area contributed by atoms with E-state index in [9.17, 15) is 9.18 Å². The maximum atomic E-state index is 14.0. The third kappa shape index (κ3) is 2.34. The molecule has 0 spiro atoms. The van der Waals surface area contributed by atoms with Crippen LogP contribution in [0.2, 0.25) is 0 Å². The number of anilines is 2. The lowest BCUT2D eigenvalue weighted by atomic mass is 10.1. The summed E-state index contributed by atoms with van der Waals surface area (Å²) in [4.78, 5) is 16.7. The fraction of sp³-hybridized carbons (Fsp3) is 0.278. The van der Waals surface area contributed by atoms with Crippen molar-refractivity contribution in [3.63, 3.8) is 0 Å². The van der Waals surface area contributed by atoms with Crippen LogP contribution in [0.25, 0.3) is 0 Å². The van der Waals surface area contributed by atoms with Crippen molar-refractivity contribution in [3.8, 4) is 0 Å². The van der Waals surface area contributed by atoms with Gasteiger partial charge in [-0.05, 0) is 38.1 Å². The van der Waals surface area contributed by atoms with Crippen LogP contribution in [0.15, 0.2) is 48.5 Å². The van der Waals surface area contributed by atoms with Crippen LogP contribution in [0, 0.1) is 5.82 Å². The Morgan fingerprint density at radius 2 is 1.77 bits per heavy atom. The molecule has 1 unspecified atom stereocenters. The minimum Gasteiger partial charge on any atom is -0.366 e. The number of halogens is 1. The zero-order valence-corrected chi connectivity index (χ0v) is 12.8. The number of amides is 1. The van der Waals surface area contributed by atoms with Gasteiger partial charge in [-0.25, -0.2) is 4.39 Å². The molecule has 0 fully saturated rings. The quantitative estimate of drug-likeness (QED) is 0.844. The van der Waals surface area contributed by atoms with E-state index in [1.165, 1.54) is 12.1 Å². The number of carbonyl (C=O) groups is 1. The lowest BCUT2D eigenvalue weighted by molar-refractivity contribution is 0.0980. The summed E-state index contributed by atoms with van der Waals surface area (Å²) in [5.41, 5.74) is 1.98. The van der Waals surface area contributed by atoms with Gasteiger partial charge in [-0.15, -0.1) is 0 Å². The van der Waals surface area contributed by atoms with E-state index in [0.717, 1.165) is 17.9 Å². The van der Waals surface area contributed by atoms with Gasteiger partial charge in [0.25, 0.3) is 5.91 Å². The number of nitrogens with zero attached hydrogens (tertiary/aromatic N) is 2. The number of rotatable bonds is 2. The average molecular weight is 298 g/mol. The first-order valence-electron chi connectivity index (χ1n) is 7.55. The average Bonchev–Trinajstić information content (AvgIpc) is 2.54. The van der Waals surface area contributed by atoms with Crippen LogP contribution in [0.1, 0.15) is 24.2 Å². The SMILES string of the molecule is CCN1c2ccccc2N(C(=O)c2ccccc2F)CC1C. The maximum absolute atomic E-state index is 14.0. The number of para-hydroxylation sites is 2. The van der Waals surface area contributed by atoms with Gasteiger partial charge in [0.15, 0.2) is 0 Å². The molecule has 0 N–H and O–H groups in total. The topological polar surface area (TPSA) is 23.6 Å². The molecule has 22 heavy (non-hydrogen) atoms. The molecule has 0 aliphatic carbocycles. The monoisotopic (exact) mass is 298 g/mol. The molecule has 2 aromatic rings. The van der Waals surface area contributed by atoms with Gasteiger partial charge in [-0.1, -0.05) is 24.3 Å². The minimum atomic E-state index is -0.476. The van der Waals surface area contributed by atoms with Crippen LogP contribution < -0.4 is 9.80 Å². The second-order valence-corrected chi connectivity index (χ2v) is 5.52. The normalized spacial score (nSPS) is 17.3. The molecule has 1 heterocycles. The molecule has 2 aromatic carbocycles. The Kier molecular flexibility index (Phi) is 3.84. The summed E-state index contributed by atoms with van der Waals surface area (Å²) in [6, 6.07) is 14.1. The summed E-state index contributed by atoms with van der Waals surface area (Å²) in [5, 5.41) is 0. The lowest BCUT2D eigenvalue weighted by Gasteiger charge is -2.42. The van der Waals surface area contributed by atoms with Crippen LogP contribution in [-0.2, 0) is 0 Å². The molecule has 3 nitrogen and oxygen atoms in total. The number of benzene rings is 2. The molecule has 4 heteroatoms. The van der Waals surface area contributed by atoms with Gasteiger partial charge in [0.05, 0.1) is 16.9 Å². The molecule has 1 aliphatic rings. The van der Waals surface area contributed by atoms with Gasteiger partial charge in [0.1, 0.15) is 5.82 Å². The highest BCUT2D eigenvalue weighted by Gasteiger charge is 2.31. The Bertz CT molecular complexity index is 701. The largest absolute Gasteiger partial charge is 0.366 e. The van der Waals surface area contributed by atoms with Gasteiger partial charge < -0.3 is 9.80 Å². The molecular formula is C18H19FN2O. The molecule has 114 valence electrons. The number of likely N-dealkylation sites (N-methyl/N-ethyl adjacent to an activating group) is 1. The van der Waals surface area contributed by atoms with E-state index in [4.69, 9.17) is 0 Å². The Morgan fingerprint density at radius 3 is 2.45 bits per heavy atom. The van der Waals surface area contributed by atoms with Crippen LogP contribution in [0.4, 0.5) is 15.8 Å². The van der Waals surface area contributed by atoms with Crippen LogP contribution >= 0.6 is 0 Å². The minimum absolute atomic E-state index is 0.120. The number of fused-ring (bicyclic) bond motifs is 1. The van der Waals surface area contributed by atoms with Crippen molar-refractivity contribution < 1.29 is 9.18 Å². The summed E-state index contributed by atoms with van der Waals surface area (Å²) in [6.07, 6.45) is 0. The molecule has 3 rings (SSSR count). The fourth-order valence-electron chi connectivity index (χ4n) is 3.09. The van der Waals surface area contributed by atoms with Crippen LogP contribution in [-0.4, -0.2) is 25.0 Å². The highest BCUT2D eigenvalue weighted by Crippen LogP contribution is 2.36. The predicted molar refractivity (Wildman–Crippen MR) is 87.0 cm³/mol. The van der Waals surface area contributed by atoms with Crippen molar-refractivity contribution >= 4 is 17.3 Å². The second kappa shape index (κ2) is 5.79. The fourth-order valence-corrected chi connectivity index (χ4v) is 3.09. The third-order valence-electron chi connectivity index (χ3n) is 4.15. The predicted octanol–water partition coefficient (Wildman–Crippen LogP) is 3.70. The van der Waals surface area contributed by atoms with E-state index in [1.807, 2.05) is 24.3 Å². The smallest absolute Gasteiger partial charge is 0.261 e. The van der Waals surface area contributed by atoms with Crippen LogP contribution in [0.5, 0.6) is 0 Å². The Hall–Kier alpha value is -2.36. The van der Waals surface area contributed by atoms with Gasteiger partial charge in [0, 0.05) is 19.1 Å². The molecular weight excluding hydrogens is 279 g/mol. The molecule has 0 aromatic heterocycles. The third-order valence-corrected chi connectivity index (χ3v) is 4.15. The van der Waals surface area contributed by atoms with E-state index in [2.05, 4.69) is 18.7 Å². The first-order chi connectivity index (χ1) is 10.6. The lowest BCUT2D eigenvalue weighted by Crippen LogP contribution is -2.49. The highest BCUT2D eigenvalue weighted by atomic mass is 19.1. The molecule has 0 saturated carbocycles. The van der Waals surface area contributed by atoms with E-state index < -0.39 is 5.82 Å². The van der Waals surface area contributed by atoms with Crippen molar-refractivity contribution in [2.75, 3.05) is 22.9 Å². The maximum Gasteiger partial charge on any atom is 0.261 e. The van der Waals surface area contributed by atoms with E-state index in [1.54, 1.807) is 17.0 Å². The zero-order valence-electron chi connectivity index (χ0n) is 12.8. The Morgan fingerprint density at radius 1 is 1.14 bits per heavy atom. The van der Waals surface area contributed by atoms with Gasteiger partial charge in [-0.2, -0.15) is 0 Å². The molecule has 1 amide bonds. The summed E-state index contributed by atoms with van der Waals surface area (Å²) >= 11 is 0. The molecule has 1 atom stereocenters. The van der Waals surface area contributed by atoms with Crippen molar-refractivity contribution in [1.29, 1.82) is 0 Å². The van der Waals surface area contributed by atoms with E-state index in [0.29, 0.717) is 6.54 Å². The summed E-state index contributed by atoms with van der Waals surface area (Å²) in [6.45, 7) is 5.61. The summed E-state index contributed by atoms with van der Waals surface area (Å²) < 4.78 is 14.0.